The van der Waals surface area contributed by atoms with E-state index in [0.717, 1.165) is 7.11 Å². The molecule has 0 saturated heterocycles. The van der Waals surface area contributed by atoms with Crippen molar-refractivity contribution in [1.82, 2.24) is 4.90 Å². The van der Waals surface area contributed by atoms with Gasteiger partial charge in [-0.15, -0.1) is 0 Å². The van der Waals surface area contributed by atoms with Gasteiger partial charge in [0.1, 0.15) is 0 Å². The van der Waals surface area contributed by atoms with Crippen LogP contribution in [0.1, 0.15) is 20.8 Å². The molecule has 0 unspecified atom stereocenters. The van der Waals surface area contributed by atoms with Crippen LogP contribution in [0.2, 0.25) is 0 Å². The van der Waals surface area contributed by atoms with Gasteiger partial charge in [-0.2, -0.15) is 0 Å². The SMILES string of the molecule is CN(C)C(C)(C)C.CO. The van der Waals surface area contributed by atoms with E-state index >= 15 is 0 Å². The summed E-state index contributed by atoms with van der Waals surface area (Å²) in [6.07, 6.45) is 0. The van der Waals surface area contributed by atoms with Gasteiger partial charge in [0.05, 0.1) is 0 Å². The van der Waals surface area contributed by atoms with Crippen molar-refractivity contribution in [3.05, 3.63) is 0 Å². The molecule has 0 aliphatic heterocycles. The molecular weight excluding hydrogens is 114 g/mol. The molecule has 1 N–H and O–H groups in total. The zero-order valence-electron chi connectivity index (χ0n) is 7.39. The van der Waals surface area contributed by atoms with Gasteiger partial charge < -0.3 is 10.0 Å². The van der Waals surface area contributed by atoms with Gasteiger partial charge in [-0.1, -0.05) is 0 Å². The van der Waals surface area contributed by atoms with Gasteiger partial charge in [-0.05, 0) is 34.9 Å². The van der Waals surface area contributed by atoms with E-state index in [-0.39, 0.29) is 0 Å². The molecule has 0 bridgehead atoms. The molecule has 0 rings (SSSR count). The van der Waals surface area contributed by atoms with E-state index < -0.39 is 0 Å². The van der Waals surface area contributed by atoms with E-state index in [4.69, 9.17) is 5.11 Å². The van der Waals surface area contributed by atoms with Crippen LogP contribution in [0, 0.1) is 0 Å². The summed E-state index contributed by atoms with van der Waals surface area (Å²) < 4.78 is 0. The number of aliphatic hydroxyl groups is 1. The molecule has 0 aromatic heterocycles. The molecule has 58 valence electrons. The van der Waals surface area contributed by atoms with Crippen LogP contribution in [-0.2, 0) is 0 Å². The minimum atomic E-state index is 0.333. The summed E-state index contributed by atoms with van der Waals surface area (Å²) in [6, 6.07) is 0. The normalized spacial score (nSPS) is 10.7. The van der Waals surface area contributed by atoms with E-state index in [1.165, 1.54) is 0 Å². The molecule has 0 aromatic rings. The average molecular weight is 133 g/mol. The zero-order chi connectivity index (χ0) is 8.08. The summed E-state index contributed by atoms with van der Waals surface area (Å²) in [5.74, 6) is 0. The molecule has 0 saturated carbocycles. The van der Waals surface area contributed by atoms with Crippen molar-refractivity contribution in [2.24, 2.45) is 0 Å². The Morgan fingerprint density at radius 1 is 1.00 bits per heavy atom. The first-order valence-electron chi connectivity index (χ1n) is 3.07. The molecule has 0 atom stereocenters. The highest BCUT2D eigenvalue weighted by Crippen LogP contribution is 2.05. The topological polar surface area (TPSA) is 23.5 Å². The van der Waals surface area contributed by atoms with Gasteiger partial charge in [-0.25, -0.2) is 0 Å². The molecule has 0 heterocycles. The number of hydrogen-bond donors (Lipinski definition) is 1. The third kappa shape index (κ3) is 7.92. The number of hydrogen-bond acceptors (Lipinski definition) is 2. The molecule has 0 aliphatic rings. The van der Waals surface area contributed by atoms with Gasteiger partial charge in [0, 0.05) is 12.6 Å². The molecule has 0 aliphatic carbocycles. The average Bonchev–Trinajstić information content (AvgIpc) is 1.69. The summed E-state index contributed by atoms with van der Waals surface area (Å²) >= 11 is 0. The zero-order valence-corrected chi connectivity index (χ0v) is 7.39. The number of aliphatic hydroxyl groups excluding tert-OH is 1. The van der Waals surface area contributed by atoms with E-state index in [9.17, 15) is 0 Å². The first-order valence-corrected chi connectivity index (χ1v) is 3.07. The molecule has 0 radical (unpaired) electrons. The Bertz CT molecular complexity index is 54.4. The van der Waals surface area contributed by atoms with Crippen molar-refractivity contribution < 1.29 is 5.11 Å². The summed E-state index contributed by atoms with van der Waals surface area (Å²) in [7, 11) is 5.17. The molecule has 2 heteroatoms. The smallest absolute Gasteiger partial charge is 0.0319 e. The van der Waals surface area contributed by atoms with Crippen LogP contribution in [0.15, 0.2) is 0 Å². The fourth-order valence-electron chi connectivity index (χ4n) is 0. The van der Waals surface area contributed by atoms with Crippen LogP contribution in [0.5, 0.6) is 0 Å². The lowest BCUT2D eigenvalue weighted by molar-refractivity contribution is 0.219. The maximum absolute atomic E-state index is 7.00. The Labute approximate surface area is 58.5 Å². The summed E-state index contributed by atoms with van der Waals surface area (Å²) in [5.41, 5.74) is 0.333. The van der Waals surface area contributed by atoms with Gasteiger partial charge in [0.2, 0.25) is 0 Å². The Balaban J connectivity index is 0. The molecule has 9 heavy (non-hydrogen) atoms. The van der Waals surface area contributed by atoms with Gasteiger partial charge in [-0.3, -0.25) is 0 Å². The van der Waals surface area contributed by atoms with Crippen molar-refractivity contribution in [3.8, 4) is 0 Å². The van der Waals surface area contributed by atoms with E-state index in [1.54, 1.807) is 0 Å². The molecule has 0 spiro atoms. The van der Waals surface area contributed by atoms with Crippen LogP contribution in [-0.4, -0.2) is 36.8 Å². The first kappa shape index (κ1) is 11.7. The van der Waals surface area contributed by atoms with E-state index in [0.29, 0.717) is 5.54 Å². The lowest BCUT2D eigenvalue weighted by Crippen LogP contribution is -2.34. The molecular formula is C7H19NO. The lowest BCUT2D eigenvalue weighted by atomic mass is 10.1. The minimum Gasteiger partial charge on any atom is -0.400 e. The van der Waals surface area contributed by atoms with Gasteiger partial charge >= 0.3 is 0 Å². The molecule has 2 nitrogen and oxygen atoms in total. The number of rotatable bonds is 0. The van der Waals surface area contributed by atoms with Crippen molar-refractivity contribution in [3.63, 3.8) is 0 Å². The van der Waals surface area contributed by atoms with Crippen molar-refractivity contribution in [1.29, 1.82) is 0 Å². The maximum atomic E-state index is 7.00. The van der Waals surface area contributed by atoms with Crippen LogP contribution in [0.3, 0.4) is 0 Å². The predicted molar refractivity (Wildman–Crippen MR) is 41.6 cm³/mol. The minimum absolute atomic E-state index is 0.333. The van der Waals surface area contributed by atoms with Crippen LogP contribution >= 0.6 is 0 Å². The first-order chi connectivity index (χ1) is 3.94. The lowest BCUT2D eigenvalue weighted by Gasteiger charge is -2.27. The van der Waals surface area contributed by atoms with E-state index in [1.807, 2.05) is 0 Å². The highest BCUT2D eigenvalue weighted by atomic mass is 16.2. The fraction of sp³-hybridized carbons (Fsp3) is 1.00. The maximum Gasteiger partial charge on any atom is 0.0319 e. The largest absolute Gasteiger partial charge is 0.400 e. The van der Waals surface area contributed by atoms with Crippen LogP contribution in [0.4, 0.5) is 0 Å². The van der Waals surface area contributed by atoms with Crippen LogP contribution < -0.4 is 0 Å². The van der Waals surface area contributed by atoms with Gasteiger partial charge in [0.25, 0.3) is 0 Å². The summed E-state index contributed by atoms with van der Waals surface area (Å²) in [6.45, 7) is 6.56. The van der Waals surface area contributed by atoms with Gasteiger partial charge in [0.15, 0.2) is 0 Å². The van der Waals surface area contributed by atoms with E-state index in [2.05, 4.69) is 39.8 Å². The fourth-order valence-corrected chi connectivity index (χ4v) is 0. The Morgan fingerprint density at radius 2 is 1.11 bits per heavy atom. The van der Waals surface area contributed by atoms with Crippen molar-refractivity contribution in [2.45, 2.75) is 26.3 Å². The van der Waals surface area contributed by atoms with Crippen LogP contribution in [0.25, 0.3) is 0 Å². The highest BCUT2D eigenvalue weighted by Gasteiger charge is 2.10. The Hall–Kier alpha value is -0.0800. The Kier molecular flexibility index (Phi) is 6.19. The third-order valence-corrected chi connectivity index (χ3v) is 1.34. The number of nitrogens with zero attached hydrogens (tertiary/aromatic N) is 1. The highest BCUT2D eigenvalue weighted by molar-refractivity contribution is 4.67. The summed E-state index contributed by atoms with van der Waals surface area (Å²) in [5, 5.41) is 7.00. The Morgan fingerprint density at radius 3 is 1.11 bits per heavy atom. The summed E-state index contributed by atoms with van der Waals surface area (Å²) in [4.78, 5) is 2.19. The second-order valence-electron chi connectivity index (χ2n) is 3.07. The molecule has 0 fully saturated rings. The quantitative estimate of drug-likeness (QED) is 0.532. The van der Waals surface area contributed by atoms with Crippen molar-refractivity contribution >= 4 is 0 Å². The molecule has 0 amide bonds. The molecule has 0 aromatic carbocycles. The second kappa shape index (κ2) is 4.77. The third-order valence-electron chi connectivity index (χ3n) is 1.34. The standard InChI is InChI=1S/C6H15N.CH4O/c1-6(2,3)7(4)5;1-2/h1-5H3;2H,1H3. The van der Waals surface area contributed by atoms with Crippen molar-refractivity contribution in [2.75, 3.05) is 21.2 Å². The monoisotopic (exact) mass is 133 g/mol. The predicted octanol–water partition coefficient (Wildman–Crippen LogP) is 0.955. The second-order valence-corrected chi connectivity index (χ2v) is 3.07.